The van der Waals surface area contributed by atoms with Crippen LogP contribution in [0.2, 0.25) is 0 Å². The van der Waals surface area contributed by atoms with Gasteiger partial charge in [-0.1, -0.05) is 62.4 Å². The van der Waals surface area contributed by atoms with E-state index in [1.54, 1.807) is 12.1 Å². The summed E-state index contributed by atoms with van der Waals surface area (Å²) in [6.07, 6.45) is 9.47. The van der Waals surface area contributed by atoms with Crippen LogP contribution in [0.3, 0.4) is 0 Å². The van der Waals surface area contributed by atoms with Crippen LogP contribution < -0.4 is 33.2 Å². The van der Waals surface area contributed by atoms with Gasteiger partial charge in [-0.15, -0.1) is 0 Å². The van der Waals surface area contributed by atoms with Crippen LogP contribution in [-0.2, 0) is 20.8 Å². The summed E-state index contributed by atoms with van der Waals surface area (Å²) in [5.41, 5.74) is 17.7. The number of carbonyl (C=O) groups is 4. The summed E-state index contributed by atoms with van der Waals surface area (Å²) in [5, 5.41) is 8.38. The Morgan fingerprint density at radius 1 is 0.833 bits per heavy atom. The van der Waals surface area contributed by atoms with Crippen molar-refractivity contribution in [3.05, 3.63) is 66.0 Å². The molecule has 1 heterocycles. The Morgan fingerprint density at radius 3 is 2.12 bits per heavy atom. The molecular weight excluding hydrogens is 536 g/mol. The molecule has 226 valence electrons. The van der Waals surface area contributed by atoms with Crippen molar-refractivity contribution in [2.75, 3.05) is 6.54 Å². The van der Waals surface area contributed by atoms with Crippen molar-refractivity contribution in [3.8, 4) is 0 Å². The minimum Gasteiger partial charge on any atom is -0.370 e. The second kappa shape index (κ2) is 16.7. The Balaban J connectivity index is 1.76. The number of pyridine rings is 1. The SMILES string of the molecule is NC(=O)[C@H](Cc1ccccc1)NC(=O)[C@H](CCCN=C(N)N)NC(=O)[C@H](CC1CCCCC1)NC(=O)c1ccncc1. The number of hydrogen-bond donors (Lipinski definition) is 6. The van der Waals surface area contributed by atoms with Crippen LogP contribution in [0, 0.1) is 5.92 Å². The van der Waals surface area contributed by atoms with Crippen LogP contribution in [0.4, 0.5) is 0 Å². The molecule has 1 saturated carbocycles. The highest BCUT2D eigenvalue weighted by Gasteiger charge is 2.31. The molecule has 0 bridgehead atoms. The third-order valence-corrected chi connectivity index (χ3v) is 7.38. The molecule has 2 aromatic rings. The molecule has 3 atom stereocenters. The molecule has 1 aromatic heterocycles. The summed E-state index contributed by atoms with van der Waals surface area (Å²) >= 11 is 0. The predicted molar refractivity (Wildman–Crippen MR) is 160 cm³/mol. The maximum Gasteiger partial charge on any atom is 0.252 e. The third-order valence-electron chi connectivity index (χ3n) is 7.38. The first kappa shape index (κ1) is 32.0. The standard InChI is InChI=1S/C30H42N8O4/c31-26(39)24(18-20-8-3-1-4-9-20)37-28(41)23(12-7-15-35-30(32)33)36-29(42)25(19-21-10-5-2-6-11-21)38-27(40)22-13-16-34-17-14-22/h1,3-4,8-9,13-14,16-17,21,23-25H,2,5-7,10-12,15,18-19H2,(H2,31,39)(H,36,42)(H,37,41)(H,38,40)(H4,32,33,35)/t23-,24-,25-/m0/s1. The van der Waals surface area contributed by atoms with E-state index in [9.17, 15) is 19.2 Å². The van der Waals surface area contributed by atoms with Crippen molar-refractivity contribution in [3.63, 3.8) is 0 Å². The minimum absolute atomic E-state index is 0.0805. The molecule has 12 nitrogen and oxygen atoms in total. The summed E-state index contributed by atoms with van der Waals surface area (Å²) in [6, 6.07) is 9.44. The average molecular weight is 579 g/mol. The number of aromatic nitrogens is 1. The van der Waals surface area contributed by atoms with E-state index in [-0.39, 0.29) is 31.3 Å². The predicted octanol–water partition coefficient (Wildman–Crippen LogP) is 0.902. The van der Waals surface area contributed by atoms with Gasteiger partial charge in [-0.05, 0) is 42.9 Å². The fourth-order valence-electron chi connectivity index (χ4n) is 5.12. The zero-order valence-corrected chi connectivity index (χ0v) is 23.8. The first-order valence-electron chi connectivity index (χ1n) is 14.4. The topological polar surface area (TPSA) is 208 Å². The van der Waals surface area contributed by atoms with Crippen molar-refractivity contribution < 1.29 is 19.2 Å². The monoisotopic (exact) mass is 578 g/mol. The molecule has 12 heteroatoms. The summed E-state index contributed by atoms with van der Waals surface area (Å²) in [4.78, 5) is 60.3. The molecule has 42 heavy (non-hydrogen) atoms. The van der Waals surface area contributed by atoms with Gasteiger partial charge in [-0.25, -0.2) is 0 Å². The van der Waals surface area contributed by atoms with E-state index in [1.807, 2.05) is 30.3 Å². The van der Waals surface area contributed by atoms with Gasteiger partial charge in [0, 0.05) is 30.9 Å². The average Bonchev–Trinajstić information content (AvgIpc) is 2.99. The van der Waals surface area contributed by atoms with Gasteiger partial charge in [-0.3, -0.25) is 29.2 Å². The first-order chi connectivity index (χ1) is 20.2. The summed E-state index contributed by atoms with van der Waals surface area (Å²) < 4.78 is 0. The third kappa shape index (κ3) is 10.8. The lowest BCUT2D eigenvalue weighted by Crippen LogP contribution is -2.57. The van der Waals surface area contributed by atoms with Crippen LogP contribution in [-0.4, -0.2) is 59.2 Å². The second-order valence-electron chi connectivity index (χ2n) is 10.7. The van der Waals surface area contributed by atoms with Crippen LogP contribution >= 0.6 is 0 Å². The van der Waals surface area contributed by atoms with E-state index in [2.05, 4.69) is 25.9 Å². The highest BCUT2D eigenvalue weighted by Crippen LogP contribution is 2.27. The zero-order valence-electron chi connectivity index (χ0n) is 23.8. The second-order valence-corrected chi connectivity index (χ2v) is 10.7. The molecular formula is C30H42N8O4. The van der Waals surface area contributed by atoms with Gasteiger partial charge in [0.2, 0.25) is 17.7 Å². The van der Waals surface area contributed by atoms with Crippen molar-refractivity contribution in [1.29, 1.82) is 0 Å². The Morgan fingerprint density at radius 2 is 1.48 bits per heavy atom. The quantitative estimate of drug-likeness (QED) is 0.102. The maximum absolute atomic E-state index is 13.7. The number of guanidine groups is 1. The number of amides is 4. The molecule has 0 radical (unpaired) electrons. The molecule has 0 aliphatic heterocycles. The number of primary amides is 1. The van der Waals surface area contributed by atoms with Gasteiger partial charge in [0.15, 0.2) is 5.96 Å². The normalized spacial score (nSPS) is 15.4. The van der Waals surface area contributed by atoms with Crippen molar-refractivity contribution in [1.82, 2.24) is 20.9 Å². The number of nitrogens with two attached hydrogens (primary N) is 3. The first-order valence-corrected chi connectivity index (χ1v) is 14.4. The van der Waals surface area contributed by atoms with Gasteiger partial charge in [-0.2, -0.15) is 0 Å². The number of hydrogen-bond acceptors (Lipinski definition) is 6. The summed E-state index contributed by atoms with van der Waals surface area (Å²) in [6.45, 7) is 0.246. The number of nitrogens with one attached hydrogen (secondary N) is 3. The van der Waals surface area contributed by atoms with Crippen LogP contribution in [0.5, 0.6) is 0 Å². The van der Waals surface area contributed by atoms with Crippen LogP contribution in [0.1, 0.15) is 67.3 Å². The van der Waals surface area contributed by atoms with E-state index < -0.39 is 41.8 Å². The number of carbonyl (C=O) groups excluding carboxylic acids is 4. The maximum atomic E-state index is 13.7. The number of nitrogens with zero attached hydrogens (tertiary/aromatic N) is 2. The smallest absolute Gasteiger partial charge is 0.252 e. The van der Waals surface area contributed by atoms with E-state index in [0.29, 0.717) is 18.4 Å². The molecule has 0 spiro atoms. The highest BCUT2D eigenvalue weighted by atomic mass is 16.2. The van der Waals surface area contributed by atoms with Crippen molar-refractivity contribution in [2.45, 2.75) is 75.9 Å². The van der Waals surface area contributed by atoms with Crippen LogP contribution in [0.25, 0.3) is 0 Å². The van der Waals surface area contributed by atoms with Gasteiger partial charge < -0.3 is 33.2 Å². The molecule has 9 N–H and O–H groups in total. The van der Waals surface area contributed by atoms with Gasteiger partial charge >= 0.3 is 0 Å². The van der Waals surface area contributed by atoms with Crippen molar-refractivity contribution >= 4 is 29.6 Å². The summed E-state index contributed by atoms with van der Waals surface area (Å²) in [5.74, 6) is -1.96. The molecule has 3 rings (SSSR count). The fraction of sp³-hybridized carbons (Fsp3) is 0.467. The zero-order chi connectivity index (χ0) is 30.3. The number of aliphatic imine (C=N–C) groups is 1. The van der Waals surface area contributed by atoms with Crippen LogP contribution in [0.15, 0.2) is 59.9 Å². The van der Waals surface area contributed by atoms with Crippen molar-refractivity contribution in [2.24, 2.45) is 28.1 Å². The number of benzene rings is 1. The Bertz CT molecular complexity index is 1200. The van der Waals surface area contributed by atoms with E-state index >= 15 is 0 Å². The molecule has 0 saturated heterocycles. The minimum atomic E-state index is -1.02. The molecule has 1 fully saturated rings. The summed E-state index contributed by atoms with van der Waals surface area (Å²) in [7, 11) is 0. The highest BCUT2D eigenvalue weighted by molar-refractivity contribution is 5.98. The van der Waals surface area contributed by atoms with Gasteiger partial charge in [0.1, 0.15) is 18.1 Å². The number of rotatable bonds is 15. The Kier molecular flexibility index (Phi) is 12.7. The molecule has 1 aliphatic rings. The van der Waals surface area contributed by atoms with Gasteiger partial charge in [0.05, 0.1) is 0 Å². The van der Waals surface area contributed by atoms with E-state index in [4.69, 9.17) is 17.2 Å². The molecule has 4 amide bonds. The van der Waals surface area contributed by atoms with E-state index in [0.717, 1.165) is 37.7 Å². The Hall–Kier alpha value is -4.48. The fourth-order valence-corrected chi connectivity index (χ4v) is 5.12. The lowest BCUT2D eigenvalue weighted by atomic mass is 9.84. The van der Waals surface area contributed by atoms with Gasteiger partial charge in [0.25, 0.3) is 5.91 Å². The molecule has 1 aromatic carbocycles. The molecule has 0 unspecified atom stereocenters. The molecule has 1 aliphatic carbocycles. The lowest BCUT2D eigenvalue weighted by molar-refractivity contribution is -0.132. The lowest BCUT2D eigenvalue weighted by Gasteiger charge is -2.28. The largest absolute Gasteiger partial charge is 0.370 e. The Labute approximate surface area is 246 Å². The van der Waals surface area contributed by atoms with E-state index in [1.165, 1.54) is 12.4 Å².